The van der Waals surface area contributed by atoms with Gasteiger partial charge >= 0.3 is 11.9 Å². The van der Waals surface area contributed by atoms with Crippen molar-refractivity contribution in [3.8, 4) is 0 Å². The molecular weight excluding hydrogens is 817 g/mol. The molecule has 9 heteroatoms. The van der Waals surface area contributed by atoms with E-state index in [-0.39, 0.29) is 36.2 Å². The highest BCUT2D eigenvalue weighted by atomic mass is 32.1. The summed E-state index contributed by atoms with van der Waals surface area (Å²) in [7, 11) is 4.00. The number of thiophene rings is 1. The van der Waals surface area contributed by atoms with Crippen LogP contribution in [0.4, 0.5) is 0 Å². The topological polar surface area (TPSA) is 93.2 Å². The first-order valence-corrected chi connectivity index (χ1v) is 27.6. The van der Waals surface area contributed by atoms with Crippen LogP contribution in [-0.2, 0) is 43.2 Å². The second kappa shape index (κ2) is 38.6. The van der Waals surface area contributed by atoms with Gasteiger partial charge in [0.15, 0.2) is 0 Å². The van der Waals surface area contributed by atoms with Crippen LogP contribution in [-0.4, -0.2) is 73.3 Å². The van der Waals surface area contributed by atoms with Gasteiger partial charge in [-0.2, -0.15) is 0 Å². The van der Waals surface area contributed by atoms with Crippen molar-refractivity contribution in [2.24, 2.45) is 0 Å². The summed E-state index contributed by atoms with van der Waals surface area (Å²) < 4.78 is 11.8. The van der Waals surface area contributed by atoms with E-state index in [1.54, 1.807) is 0 Å². The summed E-state index contributed by atoms with van der Waals surface area (Å²) in [5, 5.41) is 0. The SMILES string of the molecule is CCCCCCCC/C=C\CCCCCCCC(=O)N1CCc2c(sc(CC(=O)CCCCC(=O)OC(CCCCCCCC)CCCCCCCC)c2C(=O)OCCCN(C)C)C1. The van der Waals surface area contributed by atoms with Gasteiger partial charge in [-0.25, -0.2) is 4.79 Å². The second-order valence-electron chi connectivity index (χ2n) is 19.1. The summed E-state index contributed by atoms with van der Waals surface area (Å²) >= 11 is 1.50. The number of carbonyl (C=O) groups is 4. The lowest BCUT2D eigenvalue weighted by atomic mass is 9.98. The van der Waals surface area contributed by atoms with Crippen molar-refractivity contribution < 1.29 is 28.7 Å². The summed E-state index contributed by atoms with van der Waals surface area (Å²) in [6.45, 7) is 8.96. The van der Waals surface area contributed by atoms with Crippen LogP contribution in [0.1, 0.15) is 258 Å². The standard InChI is InChI=1S/C55H96N2O6S/c1-6-9-12-15-18-19-20-21-22-23-24-25-26-29-32-39-52(59)57-43-41-49-51(46-57)64-50(54(49)55(61)62-44-35-42-56(4)5)45-47(58)36-33-34-40-53(60)63-48(37-30-27-16-13-10-7-2)38-31-28-17-14-11-8-3/h21-22,48H,6-20,23-46H2,1-5H3/b22-21-. The molecule has 8 nitrogen and oxygen atoms in total. The summed E-state index contributed by atoms with van der Waals surface area (Å²) in [5.41, 5.74) is 1.50. The molecule has 1 aliphatic heterocycles. The van der Waals surface area contributed by atoms with E-state index in [9.17, 15) is 19.2 Å². The van der Waals surface area contributed by atoms with Gasteiger partial charge in [0.2, 0.25) is 5.91 Å². The van der Waals surface area contributed by atoms with Gasteiger partial charge in [-0.15, -0.1) is 11.3 Å². The molecule has 0 N–H and O–H groups in total. The molecule has 0 saturated heterocycles. The first-order valence-electron chi connectivity index (χ1n) is 26.8. The minimum absolute atomic E-state index is 0.00409. The molecule has 1 aromatic heterocycles. The number of fused-ring (bicyclic) bond motifs is 1. The zero-order valence-electron chi connectivity index (χ0n) is 42.1. The van der Waals surface area contributed by atoms with Crippen molar-refractivity contribution in [2.75, 3.05) is 33.8 Å². The van der Waals surface area contributed by atoms with Crippen molar-refractivity contribution in [3.05, 3.63) is 33.0 Å². The van der Waals surface area contributed by atoms with Crippen molar-refractivity contribution in [1.82, 2.24) is 9.80 Å². The molecule has 1 aromatic rings. The lowest BCUT2D eigenvalue weighted by Gasteiger charge is -2.27. The Balaban J connectivity index is 1.85. The maximum Gasteiger partial charge on any atom is 0.339 e. The molecule has 0 unspecified atom stereocenters. The molecule has 0 radical (unpaired) electrons. The highest BCUT2D eigenvalue weighted by molar-refractivity contribution is 7.12. The number of carbonyl (C=O) groups excluding carboxylic acids is 4. The third-order valence-corrected chi connectivity index (χ3v) is 14.0. The quantitative estimate of drug-likeness (QED) is 0.0366. The van der Waals surface area contributed by atoms with Crippen molar-refractivity contribution in [3.63, 3.8) is 0 Å². The molecule has 0 aromatic carbocycles. The third-order valence-electron chi connectivity index (χ3n) is 12.8. The van der Waals surface area contributed by atoms with Crippen LogP contribution in [0.25, 0.3) is 0 Å². The fourth-order valence-corrected chi connectivity index (χ4v) is 10.2. The predicted molar refractivity (Wildman–Crippen MR) is 269 cm³/mol. The number of rotatable bonds is 42. The van der Waals surface area contributed by atoms with E-state index in [0.717, 1.165) is 79.6 Å². The Kier molecular flexibility index (Phi) is 34.7. The Morgan fingerprint density at radius 3 is 1.73 bits per heavy atom. The van der Waals surface area contributed by atoms with Crippen LogP contribution in [0.15, 0.2) is 12.2 Å². The average Bonchev–Trinajstić information content (AvgIpc) is 3.64. The van der Waals surface area contributed by atoms with Gasteiger partial charge in [-0.3, -0.25) is 14.4 Å². The van der Waals surface area contributed by atoms with E-state index in [4.69, 9.17) is 9.47 Å². The molecule has 0 atom stereocenters. The van der Waals surface area contributed by atoms with Crippen molar-refractivity contribution >= 4 is 35.0 Å². The molecule has 2 heterocycles. The number of Topliss-reactive ketones (excluding diaryl/α,β-unsaturated/α-hetero) is 1. The van der Waals surface area contributed by atoms with Crippen LogP contribution in [0.5, 0.6) is 0 Å². The molecule has 0 aliphatic carbocycles. The van der Waals surface area contributed by atoms with E-state index in [0.29, 0.717) is 63.8 Å². The number of ether oxygens (including phenoxy) is 2. The number of amides is 1. The smallest absolute Gasteiger partial charge is 0.339 e. The lowest BCUT2D eigenvalue weighted by Crippen LogP contribution is -2.35. The van der Waals surface area contributed by atoms with Crippen LogP contribution >= 0.6 is 11.3 Å². The Morgan fingerprint density at radius 2 is 1.16 bits per heavy atom. The van der Waals surface area contributed by atoms with Crippen molar-refractivity contribution in [1.29, 1.82) is 0 Å². The van der Waals surface area contributed by atoms with E-state index in [1.807, 2.05) is 19.0 Å². The zero-order valence-corrected chi connectivity index (χ0v) is 42.9. The Morgan fingerprint density at radius 1 is 0.641 bits per heavy atom. The third kappa shape index (κ3) is 27.8. The lowest BCUT2D eigenvalue weighted by molar-refractivity contribution is -0.150. The Labute approximate surface area is 396 Å². The van der Waals surface area contributed by atoms with Crippen LogP contribution in [0, 0.1) is 0 Å². The van der Waals surface area contributed by atoms with Crippen LogP contribution in [0.2, 0.25) is 0 Å². The van der Waals surface area contributed by atoms with Gasteiger partial charge in [-0.05, 0) is 103 Å². The maximum atomic E-state index is 13.6. The van der Waals surface area contributed by atoms with Gasteiger partial charge in [-0.1, -0.05) is 148 Å². The van der Waals surface area contributed by atoms with E-state index >= 15 is 0 Å². The normalized spacial score (nSPS) is 12.8. The summed E-state index contributed by atoms with van der Waals surface area (Å²) in [5.74, 6) is -0.256. The number of unbranched alkanes of at least 4 members (excludes halogenated alkanes) is 22. The summed E-state index contributed by atoms with van der Waals surface area (Å²) in [4.78, 5) is 59.1. The van der Waals surface area contributed by atoms with Crippen LogP contribution < -0.4 is 0 Å². The highest BCUT2D eigenvalue weighted by Gasteiger charge is 2.31. The molecule has 1 aliphatic rings. The van der Waals surface area contributed by atoms with E-state index in [2.05, 4.69) is 37.8 Å². The number of hydrogen-bond acceptors (Lipinski definition) is 8. The van der Waals surface area contributed by atoms with Gasteiger partial charge in [0, 0.05) is 48.5 Å². The number of esters is 2. The fourth-order valence-electron chi connectivity index (χ4n) is 8.83. The molecule has 1 amide bonds. The minimum atomic E-state index is -0.355. The molecular formula is C55H96N2O6S. The number of allylic oxidation sites excluding steroid dienone is 2. The highest BCUT2D eigenvalue weighted by Crippen LogP contribution is 2.35. The van der Waals surface area contributed by atoms with Crippen molar-refractivity contribution in [2.45, 2.75) is 258 Å². The predicted octanol–water partition coefficient (Wildman–Crippen LogP) is 14.9. The zero-order chi connectivity index (χ0) is 46.5. The molecule has 0 fully saturated rings. The minimum Gasteiger partial charge on any atom is -0.462 e. The van der Waals surface area contributed by atoms with Gasteiger partial charge in [0.05, 0.1) is 18.7 Å². The number of hydrogen-bond donors (Lipinski definition) is 0. The Bertz CT molecular complexity index is 1390. The average molecular weight is 913 g/mol. The molecule has 0 spiro atoms. The Hall–Kier alpha value is -2.52. The first kappa shape index (κ1) is 57.6. The van der Waals surface area contributed by atoms with E-state index < -0.39 is 0 Å². The molecule has 0 bridgehead atoms. The number of nitrogens with zero attached hydrogens (tertiary/aromatic N) is 2. The van der Waals surface area contributed by atoms with E-state index in [1.165, 1.54) is 133 Å². The fraction of sp³-hybridized carbons (Fsp3) is 0.818. The maximum absolute atomic E-state index is 13.6. The summed E-state index contributed by atoms with van der Waals surface area (Å²) in [6, 6.07) is 0. The first-order chi connectivity index (χ1) is 31.2. The summed E-state index contributed by atoms with van der Waals surface area (Å²) in [6.07, 6.45) is 41.3. The molecule has 0 saturated carbocycles. The molecule has 64 heavy (non-hydrogen) atoms. The van der Waals surface area contributed by atoms with Gasteiger partial charge < -0.3 is 19.3 Å². The monoisotopic (exact) mass is 913 g/mol. The molecule has 2 rings (SSSR count). The van der Waals surface area contributed by atoms with Gasteiger partial charge in [0.1, 0.15) is 11.9 Å². The second-order valence-corrected chi connectivity index (χ2v) is 20.3. The molecule has 368 valence electrons. The largest absolute Gasteiger partial charge is 0.462 e. The van der Waals surface area contributed by atoms with Gasteiger partial charge in [0.25, 0.3) is 0 Å². The number of ketones is 1. The van der Waals surface area contributed by atoms with Crippen LogP contribution in [0.3, 0.4) is 0 Å².